The van der Waals surface area contributed by atoms with Gasteiger partial charge in [-0.2, -0.15) is 0 Å². The van der Waals surface area contributed by atoms with E-state index in [0.29, 0.717) is 6.54 Å². The Morgan fingerprint density at radius 3 is 2.57 bits per heavy atom. The van der Waals surface area contributed by atoms with Crippen LogP contribution in [0.1, 0.15) is 42.5 Å². The monoisotopic (exact) mass is 312 g/mol. The molecule has 3 nitrogen and oxygen atoms in total. The van der Waals surface area contributed by atoms with Gasteiger partial charge in [0.25, 0.3) is 5.91 Å². The fraction of sp³-hybridized carbons (Fsp3) is 0.562. The van der Waals surface area contributed by atoms with E-state index in [9.17, 15) is 9.18 Å². The van der Waals surface area contributed by atoms with E-state index in [1.807, 2.05) is 14.1 Å². The van der Waals surface area contributed by atoms with Crippen LogP contribution in [-0.4, -0.2) is 37.0 Å². The molecule has 21 heavy (non-hydrogen) atoms. The van der Waals surface area contributed by atoms with Crippen molar-refractivity contribution < 1.29 is 9.18 Å². The summed E-state index contributed by atoms with van der Waals surface area (Å²) in [5.74, 6) is -1.02. The number of hydrogen-bond donors (Lipinski definition) is 1. The maximum Gasteiger partial charge on any atom is 0.255 e. The summed E-state index contributed by atoms with van der Waals surface area (Å²) in [6, 6.07) is 4.28. The van der Waals surface area contributed by atoms with Crippen LogP contribution in [0.5, 0.6) is 0 Å². The van der Waals surface area contributed by atoms with Crippen LogP contribution in [0.3, 0.4) is 0 Å². The van der Waals surface area contributed by atoms with Crippen LogP contribution < -0.4 is 5.32 Å². The van der Waals surface area contributed by atoms with Crippen LogP contribution in [0.4, 0.5) is 4.39 Å². The Morgan fingerprint density at radius 2 is 2.00 bits per heavy atom. The van der Waals surface area contributed by atoms with Gasteiger partial charge in [-0.15, -0.1) is 0 Å². The average Bonchev–Trinajstić information content (AvgIpc) is 2.46. The highest BCUT2D eigenvalue weighted by atomic mass is 35.5. The third kappa shape index (κ3) is 3.55. The minimum Gasteiger partial charge on any atom is -0.350 e. The molecule has 1 N–H and O–H groups in total. The van der Waals surface area contributed by atoms with Gasteiger partial charge in [-0.1, -0.05) is 36.9 Å². The summed E-state index contributed by atoms with van der Waals surface area (Å²) >= 11 is 5.93. The summed E-state index contributed by atoms with van der Waals surface area (Å²) in [6.07, 6.45) is 5.66. The van der Waals surface area contributed by atoms with E-state index in [1.54, 1.807) is 0 Å². The van der Waals surface area contributed by atoms with Crippen LogP contribution in [0.15, 0.2) is 18.2 Å². The number of amides is 1. The van der Waals surface area contributed by atoms with Gasteiger partial charge < -0.3 is 10.2 Å². The highest BCUT2D eigenvalue weighted by Gasteiger charge is 2.34. The minimum absolute atomic E-state index is 0.0361. The second-order valence-electron chi connectivity index (χ2n) is 5.96. The molecule has 0 spiro atoms. The Bertz CT molecular complexity index is 493. The first-order chi connectivity index (χ1) is 9.96. The van der Waals surface area contributed by atoms with Crippen molar-refractivity contribution in [1.29, 1.82) is 0 Å². The van der Waals surface area contributed by atoms with Crippen molar-refractivity contribution in [2.75, 3.05) is 20.6 Å². The van der Waals surface area contributed by atoms with Gasteiger partial charge >= 0.3 is 0 Å². The highest BCUT2D eigenvalue weighted by Crippen LogP contribution is 2.31. The Kier molecular flexibility index (Phi) is 5.22. The van der Waals surface area contributed by atoms with Crippen LogP contribution in [0.25, 0.3) is 0 Å². The van der Waals surface area contributed by atoms with Crippen molar-refractivity contribution >= 4 is 17.5 Å². The maximum absolute atomic E-state index is 13.8. The molecule has 0 radical (unpaired) electrons. The molecule has 1 aromatic rings. The van der Waals surface area contributed by atoms with Crippen LogP contribution >= 0.6 is 11.6 Å². The zero-order chi connectivity index (χ0) is 15.5. The number of halogens is 2. The lowest BCUT2D eigenvalue weighted by Crippen LogP contribution is -2.53. The maximum atomic E-state index is 13.8. The first-order valence-corrected chi connectivity index (χ1v) is 7.74. The molecule has 0 bridgehead atoms. The van der Waals surface area contributed by atoms with Gasteiger partial charge in [0.2, 0.25) is 0 Å². The Labute approximate surface area is 130 Å². The second kappa shape index (κ2) is 6.75. The third-order valence-corrected chi connectivity index (χ3v) is 4.82. The van der Waals surface area contributed by atoms with Crippen molar-refractivity contribution in [3.05, 3.63) is 34.6 Å². The molecular formula is C16H22ClFN2O. The fourth-order valence-corrected chi connectivity index (χ4v) is 3.29. The van der Waals surface area contributed by atoms with E-state index >= 15 is 0 Å². The summed E-state index contributed by atoms with van der Waals surface area (Å²) in [4.78, 5) is 14.4. The van der Waals surface area contributed by atoms with Gasteiger partial charge in [-0.05, 0) is 39.1 Å². The van der Waals surface area contributed by atoms with E-state index < -0.39 is 11.7 Å². The summed E-state index contributed by atoms with van der Waals surface area (Å²) < 4.78 is 13.8. The fourth-order valence-electron chi connectivity index (χ4n) is 3.04. The number of carbonyl (C=O) groups is 1. The van der Waals surface area contributed by atoms with Crippen LogP contribution in [-0.2, 0) is 0 Å². The van der Waals surface area contributed by atoms with Gasteiger partial charge in [0.05, 0.1) is 10.6 Å². The van der Waals surface area contributed by atoms with Gasteiger partial charge in [-0.3, -0.25) is 4.79 Å². The van der Waals surface area contributed by atoms with Gasteiger partial charge in [0.1, 0.15) is 5.82 Å². The molecule has 0 aromatic heterocycles. The molecule has 116 valence electrons. The van der Waals surface area contributed by atoms with E-state index in [2.05, 4.69) is 10.2 Å². The van der Waals surface area contributed by atoms with Gasteiger partial charge in [0, 0.05) is 12.1 Å². The van der Waals surface area contributed by atoms with E-state index in [1.165, 1.54) is 24.6 Å². The molecule has 0 saturated heterocycles. The first-order valence-electron chi connectivity index (χ1n) is 7.36. The molecule has 0 aliphatic heterocycles. The Hall–Kier alpha value is -1.13. The molecule has 2 rings (SSSR count). The number of nitrogens with one attached hydrogen (secondary N) is 1. The SMILES string of the molecule is CN(C)C1(CNC(=O)c2c(F)cccc2Cl)CCCCC1. The zero-order valence-electron chi connectivity index (χ0n) is 12.6. The molecule has 1 aromatic carbocycles. The molecule has 1 aliphatic rings. The molecule has 1 fully saturated rings. The van der Waals surface area contributed by atoms with Crippen LogP contribution in [0.2, 0.25) is 5.02 Å². The third-order valence-electron chi connectivity index (χ3n) is 4.50. The lowest BCUT2D eigenvalue weighted by atomic mass is 9.80. The first kappa shape index (κ1) is 16.2. The summed E-state index contributed by atoms with van der Waals surface area (Å²) in [5, 5.41) is 3.02. The Balaban J connectivity index is 2.09. The van der Waals surface area contributed by atoms with Crippen molar-refractivity contribution in [1.82, 2.24) is 10.2 Å². The lowest BCUT2D eigenvalue weighted by molar-refractivity contribution is 0.0797. The number of hydrogen-bond acceptors (Lipinski definition) is 2. The number of rotatable bonds is 4. The highest BCUT2D eigenvalue weighted by molar-refractivity contribution is 6.33. The van der Waals surface area contributed by atoms with E-state index in [0.717, 1.165) is 25.7 Å². The standard InChI is InChI=1S/C16H22ClFN2O/c1-20(2)16(9-4-3-5-10-16)11-19-15(21)14-12(17)7-6-8-13(14)18/h6-8H,3-5,9-11H2,1-2H3,(H,19,21). The molecule has 1 amide bonds. The number of benzene rings is 1. The average molecular weight is 313 g/mol. The summed E-state index contributed by atoms with van der Waals surface area (Å²) in [7, 11) is 4.07. The van der Waals surface area contributed by atoms with Crippen molar-refractivity contribution in [2.45, 2.75) is 37.6 Å². The summed E-state index contributed by atoms with van der Waals surface area (Å²) in [6.45, 7) is 0.517. The molecule has 1 saturated carbocycles. The minimum atomic E-state index is -0.581. The van der Waals surface area contributed by atoms with Crippen molar-refractivity contribution in [2.24, 2.45) is 0 Å². The number of likely N-dealkylation sites (N-methyl/N-ethyl adjacent to an activating group) is 1. The van der Waals surface area contributed by atoms with Gasteiger partial charge in [-0.25, -0.2) is 4.39 Å². The molecule has 0 heterocycles. The van der Waals surface area contributed by atoms with Crippen molar-refractivity contribution in [3.8, 4) is 0 Å². The van der Waals surface area contributed by atoms with Crippen LogP contribution in [0, 0.1) is 5.82 Å². The quantitative estimate of drug-likeness (QED) is 0.923. The molecule has 0 unspecified atom stereocenters. The smallest absolute Gasteiger partial charge is 0.255 e. The zero-order valence-corrected chi connectivity index (χ0v) is 13.3. The molecule has 1 aliphatic carbocycles. The second-order valence-corrected chi connectivity index (χ2v) is 6.37. The molecule has 5 heteroatoms. The Morgan fingerprint density at radius 1 is 1.33 bits per heavy atom. The number of carbonyl (C=O) groups excluding carboxylic acids is 1. The number of nitrogens with zero attached hydrogens (tertiary/aromatic N) is 1. The predicted molar refractivity (Wildman–Crippen MR) is 83.2 cm³/mol. The summed E-state index contributed by atoms with van der Waals surface area (Å²) in [5.41, 5.74) is -0.102. The molecule has 0 atom stereocenters. The van der Waals surface area contributed by atoms with Crippen molar-refractivity contribution in [3.63, 3.8) is 0 Å². The van der Waals surface area contributed by atoms with E-state index in [4.69, 9.17) is 11.6 Å². The lowest BCUT2D eigenvalue weighted by Gasteiger charge is -2.43. The van der Waals surface area contributed by atoms with Gasteiger partial charge in [0.15, 0.2) is 0 Å². The predicted octanol–water partition coefficient (Wildman–Crippen LogP) is 3.47. The largest absolute Gasteiger partial charge is 0.350 e. The normalized spacial score (nSPS) is 17.8. The van der Waals surface area contributed by atoms with E-state index in [-0.39, 0.29) is 16.1 Å². The topological polar surface area (TPSA) is 32.3 Å². The molecular weight excluding hydrogens is 291 g/mol.